The second-order valence-electron chi connectivity index (χ2n) is 3.82. The van der Waals surface area contributed by atoms with Crippen molar-refractivity contribution in [3.05, 3.63) is 48.3 Å². The standard InChI is InChI=1S/C12H10F3N3O2/c13-12(14,15)8-20-17-11(19)10-6-7-18(16-10)9-4-2-1-3-5-9/h1-7H,8H2,(H,17,19). The first-order chi connectivity index (χ1) is 9.46. The highest BCUT2D eigenvalue weighted by atomic mass is 19.4. The van der Waals surface area contributed by atoms with Crippen LogP contribution in [0.1, 0.15) is 10.5 Å². The molecule has 1 amide bonds. The van der Waals surface area contributed by atoms with Gasteiger partial charge in [-0.2, -0.15) is 18.3 Å². The Hall–Kier alpha value is -2.35. The van der Waals surface area contributed by atoms with Crippen molar-refractivity contribution in [2.24, 2.45) is 0 Å². The lowest BCUT2D eigenvalue weighted by molar-refractivity contribution is -0.184. The van der Waals surface area contributed by atoms with E-state index in [4.69, 9.17) is 0 Å². The molecule has 1 N–H and O–H groups in total. The van der Waals surface area contributed by atoms with Crippen molar-refractivity contribution in [1.82, 2.24) is 15.3 Å². The molecule has 0 bridgehead atoms. The van der Waals surface area contributed by atoms with Gasteiger partial charge in [-0.3, -0.25) is 9.63 Å². The smallest absolute Gasteiger partial charge is 0.265 e. The second kappa shape index (κ2) is 5.74. The molecule has 2 aromatic rings. The number of hydrogen-bond donors (Lipinski definition) is 1. The molecule has 106 valence electrons. The molecule has 1 aromatic heterocycles. The van der Waals surface area contributed by atoms with Crippen LogP contribution in [-0.2, 0) is 4.84 Å². The molecule has 0 aliphatic carbocycles. The third-order valence-corrected chi connectivity index (χ3v) is 2.24. The summed E-state index contributed by atoms with van der Waals surface area (Å²) in [4.78, 5) is 15.6. The lowest BCUT2D eigenvalue weighted by Crippen LogP contribution is -2.29. The molecular formula is C12H10F3N3O2. The Morgan fingerprint density at radius 2 is 1.95 bits per heavy atom. The first-order valence-electron chi connectivity index (χ1n) is 5.56. The van der Waals surface area contributed by atoms with Crippen molar-refractivity contribution in [2.75, 3.05) is 6.61 Å². The Labute approximate surface area is 111 Å². The molecule has 20 heavy (non-hydrogen) atoms. The molecule has 0 spiro atoms. The molecule has 0 radical (unpaired) electrons. The molecule has 1 heterocycles. The number of nitrogens with zero attached hydrogens (tertiary/aromatic N) is 2. The molecule has 0 atom stereocenters. The first-order valence-corrected chi connectivity index (χ1v) is 5.56. The van der Waals surface area contributed by atoms with Gasteiger partial charge in [0.25, 0.3) is 5.91 Å². The van der Waals surface area contributed by atoms with Crippen LogP contribution >= 0.6 is 0 Å². The van der Waals surface area contributed by atoms with Crippen LogP contribution < -0.4 is 5.48 Å². The largest absolute Gasteiger partial charge is 0.414 e. The molecule has 0 fully saturated rings. The van der Waals surface area contributed by atoms with Gasteiger partial charge in [0.2, 0.25) is 0 Å². The monoisotopic (exact) mass is 285 g/mol. The Kier molecular flexibility index (Phi) is 4.04. The van der Waals surface area contributed by atoms with Crippen LogP contribution in [0.25, 0.3) is 5.69 Å². The lowest BCUT2D eigenvalue weighted by Gasteiger charge is -2.07. The van der Waals surface area contributed by atoms with E-state index in [1.807, 2.05) is 6.07 Å². The molecule has 0 aliphatic rings. The molecule has 2 rings (SSSR count). The van der Waals surface area contributed by atoms with Gasteiger partial charge in [0.05, 0.1) is 5.69 Å². The van der Waals surface area contributed by atoms with E-state index in [1.165, 1.54) is 16.9 Å². The van der Waals surface area contributed by atoms with Gasteiger partial charge in [0.1, 0.15) is 0 Å². The minimum absolute atomic E-state index is 0.0453. The highest BCUT2D eigenvalue weighted by molar-refractivity contribution is 5.91. The Morgan fingerprint density at radius 3 is 2.60 bits per heavy atom. The minimum atomic E-state index is -4.50. The van der Waals surface area contributed by atoms with Crippen molar-refractivity contribution in [2.45, 2.75) is 6.18 Å². The third kappa shape index (κ3) is 3.82. The predicted molar refractivity (Wildman–Crippen MR) is 63.0 cm³/mol. The average Bonchev–Trinajstić information content (AvgIpc) is 2.88. The molecule has 5 nitrogen and oxygen atoms in total. The topological polar surface area (TPSA) is 56.1 Å². The summed E-state index contributed by atoms with van der Waals surface area (Å²) < 4.78 is 36.9. The van der Waals surface area contributed by atoms with Crippen molar-refractivity contribution in [3.8, 4) is 5.69 Å². The van der Waals surface area contributed by atoms with Crippen LogP contribution in [-0.4, -0.2) is 28.5 Å². The lowest BCUT2D eigenvalue weighted by atomic mass is 10.3. The van der Waals surface area contributed by atoms with Crippen LogP contribution in [0.2, 0.25) is 0 Å². The van der Waals surface area contributed by atoms with E-state index in [2.05, 4.69) is 9.94 Å². The van der Waals surface area contributed by atoms with E-state index in [1.54, 1.807) is 29.7 Å². The summed E-state index contributed by atoms with van der Waals surface area (Å²) in [6.07, 6.45) is -2.98. The fourth-order valence-electron chi connectivity index (χ4n) is 1.41. The van der Waals surface area contributed by atoms with Gasteiger partial charge in [-0.05, 0) is 18.2 Å². The number of halogens is 3. The number of amides is 1. The number of alkyl halides is 3. The maximum absolute atomic E-state index is 11.8. The van der Waals surface area contributed by atoms with Crippen LogP contribution in [0.3, 0.4) is 0 Å². The van der Waals surface area contributed by atoms with Gasteiger partial charge >= 0.3 is 6.18 Å². The summed E-state index contributed by atoms with van der Waals surface area (Å²) in [5.74, 6) is -0.844. The number of rotatable bonds is 4. The highest BCUT2D eigenvalue weighted by Gasteiger charge is 2.28. The van der Waals surface area contributed by atoms with Gasteiger partial charge in [-0.25, -0.2) is 10.2 Å². The van der Waals surface area contributed by atoms with Gasteiger partial charge in [-0.15, -0.1) is 0 Å². The Morgan fingerprint density at radius 1 is 1.25 bits per heavy atom. The zero-order valence-electron chi connectivity index (χ0n) is 10.1. The van der Waals surface area contributed by atoms with Crippen LogP contribution in [0.15, 0.2) is 42.6 Å². The molecule has 0 unspecified atom stereocenters. The maximum atomic E-state index is 11.8. The number of benzene rings is 1. The summed E-state index contributed by atoms with van der Waals surface area (Å²) in [7, 11) is 0. The zero-order valence-corrected chi connectivity index (χ0v) is 10.1. The molecule has 0 saturated heterocycles. The maximum Gasteiger partial charge on any atom is 0.414 e. The van der Waals surface area contributed by atoms with Crippen LogP contribution in [0.5, 0.6) is 0 Å². The summed E-state index contributed by atoms with van der Waals surface area (Å²) in [6.45, 7) is -1.56. The Balaban J connectivity index is 1.97. The minimum Gasteiger partial charge on any atom is -0.265 e. The van der Waals surface area contributed by atoms with Gasteiger partial charge in [0, 0.05) is 6.20 Å². The van der Waals surface area contributed by atoms with Gasteiger partial charge in [-0.1, -0.05) is 18.2 Å². The summed E-state index contributed by atoms with van der Waals surface area (Å²) in [6, 6.07) is 10.3. The van der Waals surface area contributed by atoms with Crippen molar-refractivity contribution in [3.63, 3.8) is 0 Å². The molecule has 0 aliphatic heterocycles. The number of carbonyl (C=O) groups is 1. The number of nitrogens with one attached hydrogen (secondary N) is 1. The molecule has 1 aromatic carbocycles. The first kappa shape index (κ1) is 14.1. The van der Waals surface area contributed by atoms with E-state index in [9.17, 15) is 18.0 Å². The average molecular weight is 285 g/mol. The predicted octanol–water partition coefficient (Wildman–Crippen LogP) is 2.10. The van der Waals surface area contributed by atoms with Gasteiger partial charge < -0.3 is 0 Å². The Bertz CT molecular complexity index is 581. The quantitative estimate of drug-likeness (QED) is 0.875. The fraction of sp³-hybridized carbons (Fsp3) is 0.167. The van der Waals surface area contributed by atoms with Crippen LogP contribution in [0.4, 0.5) is 13.2 Å². The fourth-order valence-corrected chi connectivity index (χ4v) is 1.41. The third-order valence-electron chi connectivity index (χ3n) is 2.24. The number of hydroxylamine groups is 1. The number of aromatic nitrogens is 2. The molecule has 0 saturated carbocycles. The number of carbonyl (C=O) groups excluding carboxylic acids is 1. The van der Waals surface area contributed by atoms with Crippen molar-refractivity contribution in [1.29, 1.82) is 0 Å². The van der Waals surface area contributed by atoms with E-state index < -0.39 is 18.7 Å². The van der Waals surface area contributed by atoms with Crippen molar-refractivity contribution < 1.29 is 22.8 Å². The highest BCUT2D eigenvalue weighted by Crippen LogP contribution is 2.13. The molecule has 8 heteroatoms. The van der Waals surface area contributed by atoms with E-state index in [-0.39, 0.29) is 5.69 Å². The summed E-state index contributed by atoms with van der Waals surface area (Å²) in [5, 5.41) is 3.94. The summed E-state index contributed by atoms with van der Waals surface area (Å²) >= 11 is 0. The summed E-state index contributed by atoms with van der Waals surface area (Å²) in [5.41, 5.74) is 2.36. The SMILES string of the molecule is O=C(NOCC(F)(F)F)c1ccn(-c2ccccc2)n1. The molecular weight excluding hydrogens is 275 g/mol. The number of para-hydroxylation sites is 1. The normalized spacial score (nSPS) is 11.3. The number of hydrogen-bond acceptors (Lipinski definition) is 3. The zero-order chi connectivity index (χ0) is 14.6. The van der Waals surface area contributed by atoms with Crippen molar-refractivity contribution >= 4 is 5.91 Å². The second-order valence-corrected chi connectivity index (χ2v) is 3.82. The van der Waals surface area contributed by atoms with Gasteiger partial charge in [0.15, 0.2) is 12.3 Å². The van der Waals surface area contributed by atoms with Crippen LogP contribution in [0, 0.1) is 0 Å². The van der Waals surface area contributed by atoms with E-state index in [0.717, 1.165) is 5.69 Å². The van der Waals surface area contributed by atoms with E-state index >= 15 is 0 Å². The van der Waals surface area contributed by atoms with E-state index in [0.29, 0.717) is 0 Å².